The van der Waals surface area contributed by atoms with Crippen molar-refractivity contribution in [2.75, 3.05) is 5.32 Å². The van der Waals surface area contributed by atoms with Gasteiger partial charge in [0.1, 0.15) is 6.33 Å². The Balaban J connectivity index is 1.71. The van der Waals surface area contributed by atoms with Crippen LogP contribution in [0.5, 0.6) is 0 Å². The molecule has 2 heterocycles. The first-order chi connectivity index (χ1) is 11.8. The van der Waals surface area contributed by atoms with E-state index in [1.54, 1.807) is 0 Å². The smallest absolute Gasteiger partial charge is 0.253 e. The number of H-pyrrole nitrogens is 1. The minimum absolute atomic E-state index is 0.206. The van der Waals surface area contributed by atoms with Gasteiger partial charge in [-0.2, -0.15) is 0 Å². The van der Waals surface area contributed by atoms with E-state index in [1.165, 1.54) is 11.0 Å². The molecule has 0 fully saturated rings. The van der Waals surface area contributed by atoms with Gasteiger partial charge in [-0.1, -0.05) is 36.4 Å². The molecule has 0 radical (unpaired) electrons. The Morgan fingerprint density at radius 1 is 1.08 bits per heavy atom. The van der Waals surface area contributed by atoms with Gasteiger partial charge in [-0.05, 0) is 34.2 Å². The lowest BCUT2D eigenvalue weighted by atomic mass is 10.1. The molecular formula is C17H14N6O. The van der Waals surface area contributed by atoms with E-state index in [9.17, 15) is 4.79 Å². The van der Waals surface area contributed by atoms with Crippen LogP contribution >= 0.6 is 0 Å². The van der Waals surface area contributed by atoms with Gasteiger partial charge in [0.05, 0.1) is 5.69 Å². The summed E-state index contributed by atoms with van der Waals surface area (Å²) in [5.74, 6) is -0.206. The number of rotatable bonds is 4. The van der Waals surface area contributed by atoms with Crippen LogP contribution in [0.15, 0.2) is 67.1 Å². The molecule has 0 spiro atoms. The van der Waals surface area contributed by atoms with Crippen LogP contribution in [0.1, 0.15) is 11.6 Å². The SMILES string of the molecule is O=C(Nc1cccc2[nH]ccc12)C(c1ccccc1)n1cnnn1. The van der Waals surface area contributed by atoms with Crippen LogP contribution in [0.2, 0.25) is 0 Å². The summed E-state index contributed by atoms with van der Waals surface area (Å²) in [6, 6.07) is 16.4. The number of nitrogens with one attached hydrogen (secondary N) is 2. The van der Waals surface area contributed by atoms with Gasteiger partial charge >= 0.3 is 0 Å². The fourth-order valence-corrected chi connectivity index (χ4v) is 2.74. The van der Waals surface area contributed by atoms with Gasteiger partial charge < -0.3 is 10.3 Å². The highest BCUT2D eigenvalue weighted by Gasteiger charge is 2.24. The molecule has 0 aliphatic rings. The summed E-state index contributed by atoms with van der Waals surface area (Å²) in [6.45, 7) is 0. The Bertz CT molecular complexity index is 961. The number of tetrazole rings is 1. The lowest BCUT2D eigenvalue weighted by Crippen LogP contribution is -2.27. The number of fused-ring (bicyclic) bond motifs is 1. The summed E-state index contributed by atoms with van der Waals surface area (Å²) in [5.41, 5.74) is 2.52. The van der Waals surface area contributed by atoms with Crippen molar-refractivity contribution in [1.29, 1.82) is 0 Å². The largest absolute Gasteiger partial charge is 0.361 e. The molecule has 4 aromatic rings. The number of nitrogens with zero attached hydrogens (tertiary/aromatic N) is 4. The van der Waals surface area contributed by atoms with E-state index >= 15 is 0 Å². The normalized spacial score (nSPS) is 12.2. The third-order valence-electron chi connectivity index (χ3n) is 3.85. The lowest BCUT2D eigenvalue weighted by Gasteiger charge is -2.17. The zero-order valence-corrected chi connectivity index (χ0v) is 12.6. The maximum absolute atomic E-state index is 12.9. The molecule has 0 saturated heterocycles. The Morgan fingerprint density at radius 2 is 1.96 bits per heavy atom. The summed E-state index contributed by atoms with van der Waals surface area (Å²) in [5, 5.41) is 15.1. The molecule has 1 atom stereocenters. The molecule has 2 N–H and O–H groups in total. The number of carbonyl (C=O) groups excluding carboxylic acids is 1. The van der Waals surface area contributed by atoms with Crippen LogP contribution in [-0.4, -0.2) is 31.1 Å². The average molecular weight is 318 g/mol. The second-order valence-electron chi connectivity index (χ2n) is 5.34. The van der Waals surface area contributed by atoms with Crippen LogP contribution in [0.25, 0.3) is 10.9 Å². The molecule has 1 unspecified atom stereocenters. The Hall–Kier alpha value is -3.48. The van der Waals surface area contributed by atoms with E-state index in [0.29, 0.717) is 0 Å². The number of amides is 1. The predicted octanol–water partition coefficient (Wildman–Crippen LogP) is 2.38. The predicted molar refractivity (Wildman–Crippen MR) is 89.3 cm³/mol. The summed E-state index contributed by atoms with van der Waals surface area (Å²) >= 11 is 0. The molecule has 7 heteroatoms. The molecule has 0 saturated carbocycles. The van der Waals surface area contributed by atoms with Gasteiger partial charge in [0.15, 0.2) is 6.04 Å². The number of anilines is 1. The first kappa shape index (κ1) is 14.1. The van der Waals surface area contributed by atoms with Crippen molar-refractivity contribution in [2.45, 2.75) is 6.04 Å². The standard InChI is InChI=1S/C17H14N6O/c24-17(20-15-8-4-7-14-13(15)9-10-18-14)16(23-11-19-21-22-23)12-5-2-1-3-6-12/h1-11,16,18H,(H,20,24). The molecule has 118 valence electrons. The summed E-state index contributed by atoms with van der Waals surface area (Å²) < 4.78 is 1.45. The zero-order chi connectivity index (χ0) is 16.4. The molecule has 0 bridgehead atoms. The van der Waals surface area contributed by atoms with E-state index < -0.39 is 6.04 Å². The molecular weight excluding hydrogens is 304 g/mol. The van der Waals surface area contributed by atoms with Gasteiger partial charge in [0.2, 0.25) is 0 Å². The maximum Gasteiger partial charge on any atom is 0.253 e. The molecule has 2 aromatic carbocycles. The summed E-state index contributed by atoms with van der Waals surface area (Å²) in [6.07, 6.45) is 3.28. The lowest BCUT2D eigenvalue weighted by molar-refractivity contribution is -0.118. The first-order valence-corrected chi connectivity index (χ1v) is 7.47. The van der Waals surface area contributed by atoms with Gasteiger partial charge in [-0.3, -0.25) is 4.79 Å². The molecule has 0 aliphatic heterocycles. The van der Waals surface area contributed by atoms with Gasteiger partial charge in [-0.25, -0.2) is 4.68 Å². The minimum Gasteiger partial charge on any atom is -0.361 e. The number of hydrogen-bond acceptors (Lipinski definition) is 4. The molecule has 0 aliphatic carbocycles. The number of benzene rings is 2. The van der Waals surface area contributed by atoms with Crippen LogP contribution in [0, 0.1) is 0 Å². The van der Waals surface area contributed by atoms with Crippen LogP contribution < -0.4 is 5.32 Å². The number of aromatic nitrogens is 5. The monoisotopic (exact) mass is 318 g/mol. The second-order valence-corrected chi connectivity index (χ2v) is 5.34. The van der Waals surface area contributed by atoms with Crippen molar-refractivity contribution in [1.82, 2.24) is 25.2 Å². The average Bonchev–Trinajstić information content (AvgIpc) is 3.28. The van der Waals surface area contributed by atoms with Gasteiger partial charge in [-0.15, -0.1) is 5.10 Å². The second kappa shape index (κ2) is 5.96. The van der Waals surface area contributed by atoms with Crippen molar-refractivity contribution in [2.24, 2.45) is 0 Å². The van der Waals surface area contributed by atoms with Crippen molar-refractivity contribution < 1.29 is 4.79 Å². The van der Waals surface area contributed by atoms with E-state index in [4.69, 9.17) is 0 Å². The van der Waals surface area contributed by atoms with Crippen molar-refractivity contribution in [3.63, 3.8) is 0 Å². The van der Waals surface area contributed by atoms with Crippen LogP contribution in [-0.2, 0) is 4.79 Å². The van der Waals surface area contributed by atoms with Gasteiger partial charge in [0, 0.05) is 17.1 Å². The molecule has 4 rings (SSSR count). The highest BCUT2D eigenvalue weighted by molar-refractivity contribution is 6.03. The van der Waals surface area contributed by atoms with E-state index in [2.05, 4.69) is 25.8 Å². The minimum atomic E-state index is -0.643. The third kappa shape index (κ3) is 2.52. The maximum atomic E-state index is 12.9. The Kier molecular flexibility index (Phi) is 3.51. The van der Waals surface area contributed by atoms with Crippen molar-refractivity contribution in [3.8, 4) is 0 Å². The van der Waals surface area contributed by atoms with Crippen LogP contribution in [0.3, 0.4) is 0 Å². The van der Waals surface area contributed by atoms with Crippen LogP contribution in [0.4, 0.5) is 5.69 Å². The molecule has 1 amide bonds. The summed E-state index contributed by atoms with van der Waals surface area (Å²) in [7, 11) is 0. The molecule has 7 nitrogen and oxygen atoms in total. The quantitative estimate of drug-likeness (QED) is 0.604. The summed E-state index contributed by atoms with van der Waals surface area (Å²) in [4.78, 5) is 16.1. The fraction of sp³-hybridized carbons (Fsp3) is 0.0588. The number of carbonyl (C=O) groups is 1. The van der Waals surface area contributed by atoms with E-state index in [-0.39, 0.29) is 5.91 Å². The topological polar surface area (TPSA) is 88.5 Å². The zero-order valence-electron chi connectivity index (χ0n) is 12.6. The van der Waals surface area contributed by atoms with Crippen molar-refractivity contribution in [3.05, 3.63) is 72.7 Å². The molecule has 24 heavy (non-hydrogen) atoms. The van der Waals surface area contributed by atoms with E-state index in [1.807, 2.05) is 60.8 Å². The Labute approximate surface area is 137 Å². The number of aromatic amines is 1. The fourth-order valence-electron chi connectivity index (χ4n) is 2.74. The Morgan fingerprint density at radius 3 is 2.75 bits per heavy atom. The van der Waals surface area contributed by atoms with E-state index in [0.717, 1.165) is 22.2 Å². The third-order valence-corrected chi connectivity index (χ3v) is 3.85. The highest BCUT2D eigenvalue weighted by Crippen LogP contribution is 2.25. The van der Waals surface area contributed by atoms with Crippen molar-refractivity contribution >= 4 is 22.5 Å². The van der Waals surface area contributed by atoms with Gasteiger partial charge in [0.25, 0.3) is 5.91 Å². The first-order valence-electron chi connectivity index (χ1n) is 7.47. The highest BCUT2D eigenvalue weighted by atomic mass is 16.2. The number of hydrogen-bond donors (Lipinski definition) is 2. The molecule has 2 aromatic heterocycles.